The maximum absolute atomic E-state index is 12.9. The van der Waals surface area contributed by atoms with Gasteiger partial charge >= 0.3 is 0 Å². The summed E-state index contributed by atoms with van der Waals surface area (Å²) in [6.07, 6.45) is 0. The van der Waals surface area contributed by atoms with Gasteiger partial charge in [0.25, 0.3) is 5.89 Å². The van der Waals surface area contributed by atoms with Crippen molar-refractivity contribution < 1.29 is 8.91 Å². The summed E-state index contributed by atoms with van der Waals surface area (Å²) >= 11 is 2.95. The molecule has 0 aliphatic heterocycles. The average Bonchev–Trinajstić information content (AvgIpc) is 3.36. The van der Waals surface area contributed by atoms with Gasteiger partial charge < -0.3 is 9.84 Å². The molecule has 0 radical (unpaired) electrons. The monoisotopic (exact) mass is 413 g/mol. The quantitative estimate of drug-likeness (QED) is 0.430. The lowest BCUT2D eigenvalue weighted by Gasteiger charge is -2.01. The van der Waals surface area contributed by atoms with Gasteiger partial charge in [-0.25, -0.2) is 4.39 Å². The molecule has 28 heavy (non-hydrogen) atoms. The van der Waals surface area contributed by atoms with E-state index >= 15 is 0 Å². The third-order valence-electron chi connectivity index (χ3n) is 3.85. The minimum Gasteiger partial charge on any atom is -0.356 e. The van der Waals surface area contributed by atoms with Crippen molar-refractivity contribution in [1.29, 1.82) is 0 Å². The van der Waals surface area contributed by atoms with Gasteiger partial charge in [-0.1, -0.05) is 58.1 Å². The minimum atomic E-state index is -0.245. The Morgan fingerprint density at radius 1 is 1.07 bits per heavy atom. The van der Waals surface area contributed by atoms with Crippen molar-refractivity contribution in [3.05, 3.63) is 71.3 Å². The van der Waals surface area contributed by atoms with E-state index in [2.05, 4.69) is 25.7 Å². The van der Waals surface area contributed by atoms with Crippen LogP contribution in [0, 0.1) is 12.7 Å². The highest BCUT2D eigenvalue weighted by molar-refractivity contribution is 8.00. The van der Waals surface area contributed by atoms with Gasteiger partial charge in [0.1, 0.15) is 5.82 Å². The summed E-state index contributed by atoms with van der Waals surface area (Å²) < 4.78 is 19.1. The molecular weight excluding hydrogens is 397 g/mol. The molecular formula is C19H16FN5OS2. The molecule has 0 aliphatic rings. The number of hydrogen-bond acceptors (Lipinski definition) is 8. The molecule has 0 unspecified atom stereocenters. The summed E-state index contributed by atoms with van der Waals surface area (Å²) in [5.41, 5.74) is 3.05. The van der Waals surface area contributed by atoms with Crippen molar-refractivity contribution >= 4 is 28.2 Å². The van der Waals surface area contributed by atoms with E-state index in [0.29, 0.717) is 29.1 Å². The standard InChI is InChI=1S/C19H16FN5OS2/c1-12-2-6-14(7-3-12)17-22-16(25-26-17)11-27-19-24-23-18(28-19)21-10-13-4-8-15(20)9-5-13/h2-9H,10-11H2,1H3,(H,21,23). The van der Waals surface area contributed by atoms with E-state index in [1.165, 1.54) is 40.8 Å². The number of aromatic nitrogens is 4. The van der Waals surface area contributed by atoms with Crippen molar-refractivity contribution in [3.63, 3.8) is 0 Å². The Morgan fingerprint density at radius 3 is 2.64 bits per heavy atom. The second-order valence-corrected chi connectivity index (χ2v) is 8.22. The SMILES string of the molecule is Cc1ccc(-c2nc(CSc3nnc(NCc4ccc(F)cc4)s3)no2)cc1. The molecule has 142 valence electrons. The highest BCUT2D eigenvalue weighted by Gasteiger charge is 2.11. The van der Waals surface area contributed by atoms with E-state index in [1.807, 2.05) is 31.2 Å². The van der Waals surface area contributed by atoms with E-state index in [4.69, 9.17) is 4.52 Å². The van der Waals surface area contributed by atoms with E-state index in [1.54, 1.807) is 12.1 Å². The fourth-order valence-corrected chi connectivity index (χ4v) is 3.96. The number of anilines is 1. The smallest absolute Gasteiger partial charge is 0.257 e. The number of halogens is 1. The average molecular weight is 414 g/mol. The number of benzene rings is 2. The fourth-order valence-electron chi connectivity index (χ4n) is 2.37. The molecule has 6 nitrogen and oxygen atoms in total. The Balaban J connectivity index is 1.31. The van der Waals surface area contributed by atoms with Gasteiger partial charge in [0, 0.05) is 12.1 Å². The molecule has 9 heteroatoms. The van der Waals surface area contributed by atoms with Gasteiger partial charge in [-0.3, -0.25) is 0 Å². The molecule has 0 spiro atoms. The molecule has 4 rings (SSSR count). The number of rotatable bonds is 7. The molecule has 0 saturated heterocycles. The predicted molar refractivity (Wildman–Crippen MR) is 108 cm³/mol. The Hall–Kier alpha value is -2.78. The van der Waals surface area contributed by atoms with Crippen LogP contribution in [-0.4, -0.2) is 20.3 Å². The molecule has 0 atom stereocenters. The summed E-state index contributed by atoms with van der Waals surface area (Å²) in [6, 6.07) is 14.3. The summed E-state index contributed by atoms with van der Waals surface area (Å²) in [5.74, 6) is 1.42. The van der Waals surface area contributed by atoms with Gasteiger partial charge in [-0.05, 0) is 36.8 Å². The number of nitrogens with zero attached hydrogens (tertiary/aromatic N) is 4. The van der Waals surface area contributed by atoms with Crippen LogP contribution in [-0.2, 0) is 12.3 Å². The van der Waals surface area contributed by atoms with E-state index < -0.39 is 0 Å². The highest BCUT2D eigenvalue weighted by atomic mass is 32.2. The third kappa shape index (κ3) is 4.73. The molecule has 0 aliphatic carbocycles. The number of hydrogen-bond donors (Lipinski definition) is 1. The lowest BCUT2D eigenvalue weighted by molar-refractivity contribution is 0.425. The van der Waals surface area contributed by atoms with Crippen molar-refractivity contribution in [3.8, 4) is 11.5 Å². The van der Waals surface area contributed by atoms with Crippen LogP contribution in [0.4, 0.5) is 9.52 Å². The predicted octanol–water partition coefficient (Wildman–Crippen LogP) is 4.94. The first-order valence-corrected chi connectivity index (χ1v) is 10.3. The first-order chi connectivity index (χ1) is 13.7. The Labute approximate surface area is 169 Å². The number of thioether (sulfide) groups is 1. The zero-order chi connectivity index (χ0) is 19.3. The van der Waals surface area contributed by atoms with Crippen LogP contribution in [0.25, 0.3) is 11.5 Å². The molecule has 0 saturated carbocycles. The molecule has 1 N–H and O–H groups in total. The largest absolute Gasteiger partial charge is 0.356 e. The van der Waals surface area contributed by atoms with Crippen LogP contribution in [0.1, 0.15) is 17.0 Å². The van der Waals surface area contributed by atoms with Crippen molar-refractivity contribution in [1.82, 2.24) is 20.3 Å². The minimum absolute atomic E-state index is 0.245. The van der Waals surface area contributed by atoms with Crippen molar-refractivity contribution in [2.24, 2.45) is 0 Å². The molecule has 0 fully saturated rings. The first-order valence-electron chi connectivity index (χ1n) is 8.50. The normalized spacial score (nSPS) is 10.9. The van der Waals surface area contributed by atoms with Crippen molar-refractivity contribution in [2.45, 2.75) is 23.6 Å². The van der Waals surface area contributed by atoms with Crippen LogP contribution in [0.3, 0.4) is 0 Å². The van der Waals surface area contributed by atoms with E-state index in [-0.39, 0.29) is 5.82 Å². The summed E-state index contributed by atoms with van der Waals surface area (Å²) in [5, 5.41) is 16.2. The van der Waals surface area contributed by atoms with Gasteiger partial charge in [0.2, 0.25) is 5.13 Å². The van der Waals surface area contributed by atoms with Crippen LogP contribution in [0.2, 0.25) is 0 Å². The summed E-state index contributed by atoms with van der Waals surface area (Å²) in [7, 11) is 0. The maximum atomic E-state index is 12.9. The van der Waals surface area contributed by atoms with Crippen molar-refractivity contribution in [2.75, 3.05) is 5.32 Å². The van der Waals surface area contributed by atoms with Gasteiger partial charge in [-0.15, -0.1) is 10.2 Å². The molecule has 2 aromatic heterocycles. The molecule has 0 bridgehead atoms. The van der Waals surface area contributed by atoms with E-state index in [9.17, 15) is 4.39 Å². The third-order valence-corrected chi connectivity index (χ3v) is 5.87. The molecule has 2 heterocycles. The second-order valence-electron chi connectivity index (χ2n) is 6.02. The fraction of sp³-hybridized carbons (Fsp3) is 0.158. The topological polar surface area (TPSA) is 76.7 Å². The second kappa shape index (κ2) is 8.49. The first kappa shape index (κ1) is 18.6. The van der Waals surface area contributed by atoms with Crippen LogP contribution in [0.5, 0.6) is 0 Å². The highest BCUT2D eigenvalue weighted by Crippen LogP contribution is 2.28. The van der Waals surface area contributed by atoms with E-state index in [0.717, 1.165) is 15.5 Å². The van der Waals surface area contributed by atoms with Crippen LogP contribution >= 0.6 is 23.1 Å². The number of aryl methyl sites for hydroxylation is 1. The lowest BCUT2D eigenvalue weighted by Crippen LogP contribution is -1.98. The Kier molecular flexibility index (Phi) is 5.63. The van der Waals surface area contributed by atoms with Gasteiger partial charge in [-0.2, -0.15) is 4.98 Å². The summed E-state index contributed by atoms with van der Waals surface area (Å²) in [6.45, 7) is 2.59. The Bertz CT molecular complexity index is 1050. The zero-order valence-electron chi connectivity index (χ0n) is 14.9. The summed E-state index contributed by atoms with van der Waals surface area (Å²) in [4.78, 5) is 4.43. The Morgan fingerprint density at radius 2 is 1.86 bits per heavy atom. The van der Waals surface area contributed by atoms with Crippen LogP contribution < -0.4 is 5.32 Å². The van der Waals surface area contributed by atoms with Gasteiger partial charge in [0.05, 0.1) is 5.75 Å². The molecule has 0 amide bonds. The molecule has 4 aromatic rings. The maximum Gasteiger partial charge on any atom is 0.257 e. The number of nitrogens with one attached hydrogen (secondary N) is 1. The zero-order valence-corrected chi connectivity index (χ0v) is 16.6. The van der Waals surface area contributed by atoms with Gasteiger partial charge in [0.15, 0.2) is 10.2 Å². The molecule has 2 aromatic carbocycles. The van der Waals surface area contributed by atoms with Crippen LogP contribution in [0.15, 0.2) is 57.4 Å². The lowest BCUT2D eigenvalue weighted by atomic mass is 10.1.